The molecule has 2 heterocycles. The Morgan fingerprint density at radius 2 is 1.71 bits per heavy atom. The molecule has 0 spiro atoms. The van der Waals surface area contributed by atoms with Crippen LogP contribution in [0.4, 0.5) is 4.39 Å². The first-order valence-electron chi connectivity index (χ1n) is 11.0. The molecule has 35 heavy (non-hydrogen) atoms. The van der Waals surface area contributed by atoms with E-state index in [9.17, 15) is 29.0 Å². The van der Waals surface area contributed by atoms with Crippen LogP contribution >= 0.6 is 0 Å². The summed E-state index contributed by atoms with van der Waals surface area (Å²) in [6.07, 6.45) is 1.90. The number of amides is 1. The van der Waals surface area contributed by atoms with Gasteiger partial charge in [0, 0.05) is 37.8 Å². The van der Waals surface area contributed by atoms with Gasteiger partial charge in [0.25, 0.3) is 5.91 Å². The number of fused-ring (bicyclic) bond motifs is 1. The van der Waals surface area contributed by atoms with Gasteiger partial charge < -0.3 is 19.8 Å². The number of methoxy groups -OCH3 is 1. The third-order valence-corrected chi connectivity index (χ3v) is 6.02. The SMILES string of the molecule is COC(=O)CN1CCN(C(=O)c2cc(C(=O)O)c(O)c3ncc(Cc4ccc(F)cc4)cc23)CC1. The smallest absolute Gasteiger partial charge is 0.339 e. The molecule has 1 amide bonds. The van der Waals surface area contributed by atoms with Crippen LogP contribution in [0.5, 0.6) is 5.75 Å². The summed E-state index contributed by atoms with van der Waals surface area (Å²) >= 11 is 0. The zero-order chi connectivity index (χ0) is 25.1. The molecular formula is C25H24FN3O6. The van der Waals surface area contributed by atoms with Crippen molar-refractivity contribution < 1.29 is 33.7 Å². The molecule has 1 saturated heterocycles. The number of aromatic carboxylic acids is 1. The van der Waals surface area contributed by atoms with Gasteiger partial charge in [-0.2, -0.15) is 0 Å². The minimum absolute atomic E-state index is 0.0143. The van der Waals surface area contributed by atoms with Gasteiger partial charge in [-0.1, -0.05) is 12.1 Å². The number of benzene rings is 2. The molecule has 0 aliphatic carbocycles. The van der Waals surface area contributed by atoms with Gasteiger partial charge in [-0.3, -0.25) is 19.5 Å². The summed E-state index contributed by atoms with van der Waals surface area (Å²) in [7, 11) is 1.32. The topological polar surface area (TPSA) is 120 Å². The van der Waals surface area contributed by atoms with E-state index in [0.29, 0.717) is 43.5 Å². The van der Waals surface area contributed by atoms with Crippen molar-refractivity contribution in [2.24, 2.45) is 0 Å². The van der Waals surface area contributed by atoms with Crippen LogP contribution in [0.2, 0.25) is 0 Å². The predicted molar refractivity (Wildman–Crippen MR) is 124 cm³/mol. The molecule has 1 fully saturated rings. The molecular weight excluding hydrogens is 457 g/mol. The van der Waals surface area contributed by atoms with E-state index in [4.69, 9.17) is 0 Å². The van der Waals surface area contributed by atoms with Crippen LogP contribution in [0.3, 0.4) is 0 Å². The fourth-order valence-electron chi connectivity index (χ4n) is 4.12. The molecule has 2 N–H and O–H groups in total. The number of carbonyl (C=O) groups excluding carboxylic acids is 2. The monoisotopic (exact) mass is 481 g/mol. The number of ether oxygens (including phenoxy) is 1. The van der Waals surface area contributed by atoms with Crippen LogP contribution in [0.15, 0.2) is 42.6 Å². The third-order valence-electron chi connectivity index (χ3n) is 6.02. The Morgan fingerprint density at radius 1 is 1.03 bits per heavy atom. The fourth-order valence-corrected chi connectivity index (χ4v) is 4.12. The summed E-state index contributed by atoms with van der Waals surface area (Å²) in [4.78, 5) is 44.4. The van der Waals surface area contributed by atoms with E-state index < -0.39 is 23.2 Å². The standard InChI is InChI=1S/C25H24FN3O6/c1-35-21(30)14-28-6-8-29(9-7-28)24(32)19-12-20(25(33)34)23(31)22-18(19)11-16(13-27-22)10-15-2-4-17(26)5-3-15/h2-5,11-13,31H,6-10,14H2,1H3,(H,33,34). The molecule has 0 unspecified atom stereocenters. The van der Waals surface area contributed by atoms with Gasteiger partial charge in [-0.25, -0.2) is 9.18 Å². The lowest BCUT2D eigenvalue weighted by Crippen LogP contribution is -2.50. The number of rotatable bonds is 6. The Kier molecular flexibility index (Phi) is 6.92. The van der Waals surface area contributed by atoms with Gasteiger partial charge in [0.15, 0.2) is 5.75 Å². The van der Waals surface area contributed by atoms with Crippen LogP contribution in [-0.4, -0.2) is 82.7 Å². The molecule has 1 aliphatic heterocycles. The number of halogens is 1. The number of carboxylic acid groups (broad SMARTS) is 1. The number of esters is 1. The van der Waals surface area contributed by atoms with E-state index in [1.807, 2.05) is 4.90 Å². The van der Waals surface area contributed by atoms with E-state index in [-0.39, 0.29) is 29.4 Å². The minimum Gasteiger partial charge on any atom is -0.505 e. The number of hydrogen-bond donors (Lipinski definition) is 2. The highest BCUT2D eigenvalue weighted by Gasteiger charge is 2.27. The summed E-state index contributed by atoms with van der Waals surface area (Å²) < 4.78 is 17.9. The Bertz CT molecular complexity index is 1290. The highest BCUT2D eigenvalue weighted by atomic mass is 19.1. The first-order valence-corrected chi connectivity index (χ1v) is 11.0. The largest absolute Gasteiger partial charge is 0.505 e. The average molecular weight is 481 g/mol. The van der Waals surface area contributed by atoms with Gasteiger partial charge in [0.05, 0.1) is 19.2 Å². The zero-order valence-electron chi connectivity index (χ0n) is 19.0. The van der Waals surface area contributed by atoms with Crippen molar-refractivity contribution in [3.05, 3.63) is 70.7 Å². The van der Waals surface area contributed by atoms with E-state index in [2.05, 4.69) is 9.72 Å². The maximum Gasteiger partial charge on any atom is 0.339 e. The summed E-state index contributed by atoms with van der Waals surface area (Å²) in [5.41, 5.74) is 1.26. The normalized spacial score (nSPS) is 14.2. The molecule has 0 bridgehead atoms. The zero-order valence-corrected chi connectivity index (χ0v) is 19.0. The number of carboxylic acids is 1. The molecule has 10 heteroatoms. The number of aromatic nitrogens is 1. The van der Waals surface area contributed by atoms with Crippen LogP contribution < -0.4 is 0 Å². The van der Waals surface area contributed by atoms with Gasteiger partial charge in [0.2, 0.25) is 0 Å². The van der Waals surface area contributed by atoms with Crippen molar-refractivity contribution in [1.82, 2.24) is 14.8 Å². The van der Waals surface area contributed by atoms with Gasteiger partial charge in [-0.05, 0) is 41.8 Å². The van der Waals surface area contributed by atoms with Crippen molar-refractivity contribution in [3.63, 3.8) is 0 Å². The Hall–Kier alpha value is -4.05. The van der Waals surface area contributed by atoms with Gasteiger partial charge in [-0.15, -0.1) is 0 Å². The van der Waals surface area contributed by atoms with Crippen molar-refractivity contribution >= 4 is 28.7 Å². The average Bonchev–Trinajstić information content (AvgIpc) is 2.85. The van der Waals surface area contributed by atoms with Gasteiger partial charge in [0.1, 0.15) is 16.9 Å². The second-order valence-corrected chi connectivity index (χ2v) is 8.31. The maximum absolute atomic E-state index is 13.5. The van der Waals surface area contributed by atoms with Gasteiger partial charge >= 0.3 is 11.9 Å². The molecule has 0 atom stereocenters. The Morgan fingerprint density at radius 3 is 2.34 bits per heavy atom. The van der Waals surface area contributed by atoms with Crippen LogP contribution in [0.1, 0.15) is 31.8 Å². The number of carbonyl (C=O) groups is 3. The first kappa shape index (κ1) is 24.1. The lowest BCUT2D eigenvalue weighted by Gasteiger charge is -2.34. The number of pyridine rings is 1. The fraction of sp³-hybridized carbons (Fsp3) is 0.280. The number of phenols is 1. The second kappa shape index (κ2) is 10.1. The number of piperazine rings is 1. The molecule has 2 aromatic carbocycles. The number of aromatic hydroxyl groups is 1. The van der Waals surface area contributed by atoms with E-state index in [0.717, 1.165) is 5.56 Å². The molecule has 3 aromatic rings. The summed E-state index contributed by atoms with van der Waals surface area (Å²) in [5, 5.41) is 20.4. The summed E-state index contributed by atoms with van der Waals surface area (Å²) in [5.74, 6) is -2.99. The predicted octanol–water partition coefficient (Wildman–Crippen LogP) is 2.30. The lowest BCUT2D eigenvalue weighted by atomic mass is 9.98. The van der Waals surface area contributed by atoms with Crippen LogP contribution in [0.25, 0.3) is 10.9 Å². The van der Waals surface area contributed by atoms with Crippen molar-refractivity contribution in [2.45, 2.75) is 6.42 Å². The molecule has 0 saturated carbocycles. The van der Waals surface area contributed by atoms with Crippen molar-refractivity contribution in [3.8, 4) is 5.75 Å². The lowest BCUT2D eigenvalue weighted by molar-refractivity contribution is -0.142. The highest BCUT2D eigenvalue weighted by Crippen LogP contribution is 2.32. The minimum atomic E-state index is -1.38. The van der Waals surface area contributed by atoms with E-state index in [1.165, 1.54) is 31.5 Å². The maximum atomic E-state index is 13.5. The van der Waals surface area contributed by atoms with Crippen LogP contribution in [-0.2, 0) is 16.0 Å². The second-order valence-electron chi connectivity index (χ2n) is 8.31. The van der Waals surface area contributed by atoms with E-state index in [1.54, 1.807) is 23.1 Å². The van der Waals surface area contributed by atoms with E-state index >= 15 is 0 Å². The molecule has 9 nitrogen and oxygen atoms in total. The highest BCUT2D eigenvalue weighted by molar-refractivity contribution is 6.11. The molecule has 1 aliphatic rings. The summed E-state index contributed by atoms with van der Waals surface area (Å²) in [6.45, 7) is 1.71. The Labute approximate surface area is 200 Å². The molecule has 182 valence electrons. The quantitative estimate of drug-likeness (QED) is 0.515. The van der Waals surface area contributed by atoms with Crippen molar-refractivity contribution in [2.75, 3.05) is 39.8 Å². The first-order chi connectivity index (χ1) is 16.8. The molecule has 0 radical (unpaired) electrons. The Balaban J connectivity index is 1.67. The van der Waals surface area contributed by atoms with Crippen molar-refractivity contribution in [1.29, 1.82) is 0 Å². The molecule has 1 aromatic heterocycles. The number of hydrogen-bond acceptors (Lipinski definition) is 7. The number of nitrogens with zero attached hydrogens (tertiary/aromatic N) is 3. The third kappa shape index (κ3) is 5.22. The molecule has 4 rings (SSSR count). The van der Waals surface area contributed by atoms with Crippen LogP contribution in [0, 0.1) is 5.82 Å². The summed E-state index contributed by atoms with van der Waals surface area (Å²) in [6, 6.07) is 8.85.